The van der Waals surface area contributed by atoms with Crippen LogP contribution in [0.25, 0.3) is 0 Å². The van der Waals surface area contributed by atoms with Crippen molar-refractivity contribution in [2.45, 2.75) is 13.8 Å². The third-order valence-electron chi connectivity index (χ3n) is 1.08. The molecule has 0 bridgehead atoms. The van der Waals surface area contributed by atoms with Gasteiger partial charge in [0.15, 0.2) is 0 Å². The van der Waals surface area contributed by atoms with Crippen LogP contribution < -0.4 is 0 Å². The van der Waals surface area contributed by atoms with Gasteiger partial charge in [0.1, 0.15) is 0 Å². The summed E-state index contributed by atoms with van der Waals surface area (Å²) < 4.78 is 0. The van der Waals surface area contributed by atoms with Gasteiger partial charge in [0.2, 0.25) is 0 Å². The summed E-state index contributed by atoms with van der Waals surface area (Å²) in [5.74, 6) is 0. The highest BCUT2D eigenvalue weighted by atomic mass is 15.4. The van der Waals surface area contributed by atoms with Gasteiger partial charge in [0.05, 0.1) is 5.71 Å². The van der Waals surface area contributed by atoms with Gasteiger partial charge in [-0.05, 0) is 19.9 Å². The maximum Gasteiger partial charge on any atom is 0.0568 e. The molecule has 0 radical (unpaired) electrons. The molecule has 0 aliphatic heterocycles. The first kappa shape index (κ1) is 8.21. The normalized spacial score (nSPS) is 11.2. The molecule has 0 unspecified atom stereocenters. The molecule has 2 heteroatoms. The first-order chi connectivity index (χ1) is 4.20. The quantitative estimate of drug-likeness (QED) is 0.413. The Balaban J connectivity index is 3.78. The predicted molar refractivity (Wildman–Crippen MR) is 41.6 cm³/mol. The van der Waals surface area contributed by atoms with Gasteiger partial charge in [0, 0.05) is 13.6 Å². The van der Waals surface area contributed by atoms with Crippen LogP contribution in [-0.2, 0) is 0 Å². The van der Waals surface area contributed by atoms with E-state index in [-0.39, 0.29) is 0 Å². The lowest BCUT2D eigenvalue weighted by Crippen LogP contribution is -2.11. The van der Waals surface area contributed by atoms with Gasteiger partial charge in [-0.15, -0.1) is 0 Å². The van der Waals surface area contributed by atoms with E-state index in [1.54, 1.807) is 6.08 Å². The fraction of sp³-hybridized carbons (Fsp3) is 0.571. The van der Waals surface area contributed by atoms with Crippen molar-refractivity contribution in [1.29, 1.82) is 0 Å². The zero-order chi connectivity index (χ0) is 7.28. The Labute approximate surface area is 56.9 Å². The summed E-state index contributed by atoms with van der Waals surface area (Å²) in [4.78, 5) is 0. The van der Waals surface area contributed by atoms with Gasteiger partial charge in [-0.3, -0.25) is 0 Å². The van der Waals surface area contributed by atoms with Crippen LogP contribution in [0.5, 0.6) is 0 Å². The van der Waals surface area contributed by atoms with Gasteiger partial charge in [-0.25, -0.2) is 0 Å². The van der Waals surface area contributed by atoms with E-state index in [2.05, 4.69) is 18.6 Å². The Morgan fingerprint density at radius 2 is 2.33 bits per heavy atom. The predicted octanol–water partition coefficient (Wildman–Crippen LogP) is 1.50. The highest BCUT2D eigenvalue weighted by molar-refractivity contribution is 5.91. The van der Waals surface area contributed by atoms with E-state index >= 15 is 0 Å². The summed E-state index contributed by atoms with van der Waals surface area (Å²) in [5, 5.41) is 6.02. The molecule has 0 N–H and O–H groups in total. The Morgan fingerprint density at radius 1 is 1.78 bits per heavy atom. The molecule has 0 saturated carbocycles. The molecular weight excluding hydrogens is 112 g/mol. The Hall–Kier alpha value is -0.790. The molecule has 0 aromatic heterocycles. The van der Waals surface area contributed by atoms with Gasteiger partial charge in [-0.1, -0.05) is 6.58 Å². The molecule has 0 aromatic rings. The van der Waals surface area contributed by atoms with E-state index in [0.717, 1.165) is 12.3 Å². The summed E-state index contributed by atoms with van der Waals surface area (Å²) in [7, 11) is 1.94. The van der Waals surface area contributed by atoms with E-state index in [4.69, 9.17) is 0 Å². The van der Waals surface area contributed by atoms with Crippen LogP contribution in [-0.4, -0.2) is 24.3 Å². The smallest absolute Gasteiger partial charge is 0.0568 e. The molecule has 2 nitrogen and oxygen atoms in total. The van der Waals surface area contributed by atoms with Crippen LogP contribution in [0.15, 0.2) is 17.8 Å². The van der Waals surface area contributed by atoms with Crippen LogP contribution in [0.1, 0.15) is 13.8 Å². The SMILES string of the molecule is C=C/C(C)=N\N(C)CC. The lowest BCUT2D eigenvalue weighted by atomic mass is 10.4. The fourth-order valence-corrected chi connectivity index (χ4v) is 0.381. The maximum atomic E-state index is 4.15. The summed E-state index contributed by atoms with van der Waals surface area (Å²) >= 11 is 0. The molecule has 0 fully saturated rings. The highest BCUT2D eigenvalue weighted by Crippen LogP contribution is 1.84. The number of hydrogen-bond acceptors (Lipinski definition) is 2. The van der Waals surface area contributed by atoms with E-state index in [1.165, 1.54) is 0 Å². The fourth-order valence-electron chi connectivity index (χ4n) is 0.381. The second kappa shape index (κ2) is 4.13. The minimum Gasteiger partial charge on any atom is -0.300 e. The molecule has 0 saturated heterocycles. The molecule has 0 spiro atoms. The minimum absolute atomic E-state index is 0.936. The van der Waals surface area contributed by atoms with Gasteiger partial charge in [-0.2, -0.15) is 5.10 Å². The Morgan fingerprint density at radius 3 is 2.67 bits per heavy atom. The minimum atomic E-state index is 0.936. The van der Waals surface area contributed by atoms with Crippen molar-refractivity contribution in [3.8, 4) is 0 Å². The van der Waals surface area contributed by atoms with Gasteiger partial charge < -0.3 is 5.01 Å². The van der Waals surface area contributed by atoms with Crippen molar-refractivity contribution in [2.24, 2.45) is 5.10 Å². The number of nitrogens with zero attached hydrogens (tertiary/aromatic N) is 2. The van der Waals surface area contributed by atoms with Crippen molar-refractivity contribution in [3.05, 3.63) is 12.7 Å². The third-order valence-corrected chi connectivity index (χ3v) is 1.08. The number of hydrogen-bond donors (Lipinski definition) is 0. The lowest BCUT2D eigenvalue weighted by Gasteiger charge is -2.08. The monoisotopic (exact) mass is 126 g/mol. The first-order valence-corrected chi connectivity index (χ1v) is 3.09. The molecule has 52 valence electrons. The van der Waals surface area contributed by atoms with E-state index in [1.807, 2.05) is 19.0 Å². The number of allylic oxidation sites excluding steroid dienone is 1. The lowest BCUT2D eigenvalue weighted by molar-refractivity contribution is 0.375. The molecule has 0 heterocycles. The van der Waals surface area contributed by atoms with E-state index in [9.17, 15) is 0 Å². The molecule has 0 aliphatic rings. The van der Waals surface area contributed by atoms with Gasteiger partial charge in [0.25, 0.3) is 0 Å². The average Bonchev–Trinajstić information content (AvgIpc) is 1.87. The van der Waals surface area contributed by atoms with Crippen molar-refractivity contribution >= 4 is 5.71 Å². The van der Waals surface area contributed by atoms with Crippen LogP contribution in [0.2, 0.25) is 0 Å². The zero-order valence-electron chi connectivity index (χ0n) is 6.39. The van der Waals surface area contributed by atoms with E-state index in [0.29, 0.717) is 0 Å². The van der Waals surface area contributed by atoms with Crippen LogP contribution in [0.3, 0.4) is 0 Å². The van der Waals surface area contributed by atoms with Crippen LogP contribution >= 0.6 is 0 Å². The number of hydrazone groups is 1. The molecule has 0 amide bonds. The third kappa shape index (κ3) is 3.76. The number of rotatable bonds is 3. The maximum absolute atomic E-state index is 4.15. The topological polar surface area (TPSA) is 15.6 Å². The molecule has 0 aromatic carbocycles. The molecule has 0 atom stereocenters. The molecule has 9 heavy (non-hydrogen) atoms. The van der Waals surface area contributed by atoms with Crippen molar-refractivity contribution < 1.29 is 0 Å². The Kier molecular flexibility index (Phi) is 3.76. The summed E-state index contributed by atoms with van der Waals surface area (Å²) in [6, 6.07) is 0. The van der Waals surface area contributed by atoms with E-state index < -0.39 is 0 Å². The molecule has 0 rings (SSSR count). The van der Waals surface area contributed by atoms with Crippen molar-refractivity contribution in [2.75, 3.05) is 13.6 Å². The second-order valence-corrected chi connectivity index (χ2v) is 1.92. The average molecular weight is 126 g/mol. The largest absolute Gasteiger partial charge is 0.300 e. The highest BCUT2D eigenvalue weighted by Gasteiger charge is 1.85. The Bertz CT molecular complexity index is 116. The van der Waals surface area contributed by atoms with Gasteiger partial charge >= 0.3 is 0 Å². The summed E-state index contributed by atoms with van der Waals surface area (Å²) in [6.45, 7) is 8.51. The van der Waals surface area contributed by atoms with Crippen molar-refractivity contribution in [3.63, 3.8) is 0 Å². The van der Waals surface area contributed by atoms with Crippen molar-refractivity contribution in [1.82, 2.24) is 5.01 Å². The molecular formula is C7H14N2. The standard InChI is InChI=1S/C7H14N2/c1-5-7(3)8-9(4)6-2/h5H,1,6H2,2-4H3/b8-7-. The summed E-state index contributed by atoms with van der Waals surface area (Å²) in [6.07, 6.45) is 1.74. The molecule has 0 aliphatic carbocycles. The van der Waals surface area contributed by atoms with Crippen LogP contribution in [0.4, 0.5) is 0 Å². The first-order valence-electron chi connectivity index (χ1n) is 3.09. The summed E-state index contributed by atoms with van der Waals surface area (Å²) in [5.41, 5.74) is 0.958. The second-order valence-electron chi connectivity index (χ2n) is 1.92. The van der Waals surface area contributed by atoms with Crippen LogP contribution in [0, 0.1) is 0 Å². The zero-order valence-corrected chi connectivity index (χ0v) is 6.39.